The Balaban J connectivity index is 1.30. The molecule has 0 aliphatic rings. The van der Waals surface area contributed by atoms with E-state index < -0.39 is 0 Å². The molecule has 0 aliphatic carbocycles. The Kier molecular flexibility index (Phi) is 7.70. The molecule has 0 radical (unpaired) electrons. The molecular formula is C44H35B7O. The number of benzene rings is 8. The van der Waals surface area contributed by atoms with Crippen LogP contribution in [0.2, 0.25) is 0 Å². The van der Waals surface area contributed by atoms with E-state index in [-0.39, 0.29) is 0 Å². The molecule has 1 nitrogen and oxygen atoms in total. The average molecular weight is 655 g/mol. The SMILES string of the molecule is Bc1ccc(-c2cccc3c2oc2c(-c4cc(B)c(-c5c6cc(B)c(B)cc6c(-c6ccccc6)c6cc(B)c(B)cc56)cc4B)cccc23)cc1. The summed E-state index contributed by atoms with van der Waals surface area (Å²) in [6.07, 6.45) is 0. The van der Waals surface area contributed by atoms with Crippen LogP contribution in [0.3, 0.4) is 0 Å². The summed E-state index contributed by atoms with van der Waals surface area (Å²) in [7, 11) is 15.6. The maximum Gasteiger partial charge on any atom is 0.143 e. The molecular weight excluding hydrogens is 620 g/mol. The highest BCUT2D eigenvalue weighted by molar-refractivity contribution is 6.52. The lowest BCUT2D eigenvalue weighted by Gasteiger charge is -2.22. The summed E-state index contributed by atoms with van der Waals surface area (Å²) in [5, 5.41) is 7.50. The van der Waals surface area contributed by atoms with Gasteiger partial charge in [0.2, 0.25) is 0 Å². The first-order valence-electron chi connectivity index (χ1n) is 18.3. The highest BCUT2D eigenvalue weighted by Gasteiger charge is 2.22. The van der Waals surface area contributed by atoms with Crippen LogP contribution in [0.25, 0.3) is 88.0 Å². The van der Waals surface area contributed by atoms with E-state index in [2.05, 4.69) is 182 Å². The second kappa shape index (κ2) is 12.3. The van der Waals surface area contributed by atoms with Crippen LogP contribution in [0.4, 0.5) is 0 Å². The zero-order chi connectivity index (χ0) is 35.8. The van der Waals surface area contributed by atoms with Gasteiger partial charge in [0.15, 0.2) is 0 Å². The molecule has 0 spiro atoms. The number of fused-ring (bicyclic) bond motifs is 5. The van der Waals surface area contributed by atoms with Gasteiger partial charge in [0.05, 0.1) is 0 Å². The van der Waals surface area contributed by atoms with Gasteiger partial charge >= 0.3 is 0 Å². The third-order valence-electron chi connectivity index (χ3n) is 11.4. The molecule has 8 heteroatoms. The monoisotopic (exact) mass is 656 g/mol. The highest BCUT2D eigenvalue weighted by Crippen LogP contribution is 2.43. The van der Waals surface area contributed by atoms with E-state index in [0.717, 1.165) is 33.1 Å². The zero-order valence-electron chi connectivity index (χ0n) is 31.0. The summed E-state index contributed by atoms with van der Waals surface area (Å²) >= 11 is 0. The van der Waals surface area contributed by atoms with Crippen LogP contribution in [-0.4, -0.2) is 54.9 Å². The molecule has 0 saturated heterocycles. The van der Waals surface area contributed by atoms with E-state index in [9.17, 15) is 0 Å². The average Bonchev–Trinajstić information content (AvgIpc) is 3.53. The minimum Gasteiger partial charge on any atom is -0.455 e. The Morgan fingerprint density at radius 3 is 1.37 bits per heavy atom. The molecule has 0 unspecified atom stereocenters. The zero-order valence-corrected chi connectivity index (χ0v) is 31.0. The van der Waals surface area contributed by atoms with Crippen molar-refractivity contribution < 1.29 is 4.42 Å². The fourth-order valence-electron chi connectivity index (χ4n) is 8.32. The molecule has 0 aliphatic heterocycles. The summed E-state index contributed by atoms with van der Waals surface area (Å²) in [5.41, 5.74) is 20.6. The molecule has 8 aromatic carbocycles. The van der Waals surface area contributed by atoms with Gasteiger partial charge in [-0.15, -0.1) is 0 Å². The van der Waals surface area contributed by atoms with Crippen LogP contribution in [0.5, 0.6) is 0 Å². The Bertz CT molecular complexity index is 2840. The van der Waals surface area contributed by atoms with Gasteiger partial charge in [-0.05, 0) is 54.9 Å². The van der Waals surface area contributed by atoms with E-state index in [0.29, 0.717) is 0 Å². The lowest BCUT2D eigenvalue weighted by Crippen LogP contribution is -2.27. The Morgan fingerprint density at radius 1 is 0.308 bits per heavy atom. The van der Waals surface area contributed by atoms with Crippen LogP contribution in [0.15, 0.2) is 132 Å². The minimum absolute atomic E-state index is 0.938. The number of hydrogen-bond acceptors (Lipinski definition) is 1. The standard InChI is InChI=1S/C44H35B7O/c45-24-14-12-22(13-15-24)25-8-4-9-26-27-10-5-11-28(44(27)52-43(25)26)29-16-36(47)34(21-35(29)46)42-32-19-39(50)37(48)17-30(32)41(23-6-2-1-3-7-23)31-18-38(49)40(51)20-33(31)42/h1-21H,45-51H2. The Morgan fingerprint density at radius 2 is 0.788 bits per heavy atom. The molecule has 0 bridgehead atoms. The van der Waals surface area contributed by atoms with Crippen molar-refractivity contribution in [2.75, 3.05) is 0 Å². The van der Waals surface area contributed by atoms with Crippen molar-refractivity contribution in [1.29, 1.82) is 0 Å². The largest absolute Gasteiger partial charge is 0.455 e. The fraction of sp³-hybridized carbons (Fsp3) is 0. The van der Waals surface area contributed by atoms with E-state index in [1.165, 1.54) is 93.2 Å². The third-order valence-corrected chi connectivity index (χ3v) is 11.4. The lowest BCUT2D eigenvalue weighted by atomic mass is 9.71. The second-order valence-electron chi connectivity index (χ2n) is 14.9. The van der Waals surface area contributed by atoms with E-state index in [4.69, 9.17) is 4.42 Å². The van der Waals surface area contributed by atoms with Gasteiger partial charge in [0.1, 0.15) is 66.1 Å². The number of para-hydroxylation sites is 2. The van der Waals surface area contributed by atoms with Gasteiger partial charge in [-0.1, -0.05) is 166 Å². The summed E-state index contributed by atoms with van der Waals surface area (Å²) < 4.78 is 6.88. The Labute approximate surface area is 311 Å². The molecule has 0 saturated carbocycles. The van der Waals surface area contributed by atoms with Gasteiger partial charge < -0.3 is 4.42 Å². The van der Waals surface area contributed by atoms with E-state index in [1.54, 1.807) is 0 Å². The quantitative estimate of drug-likeness (QED) is 0.198. The number of hydrogen-bond donors (Lipinski definition) is 0. The molecule has 0 atom stereocenters. The van der Waals surface area contributed by atoms with Crippen molar-refractivity contribution in [3.63, 3.8) is 0 Å². The summed E-state index contributed by atoms with van der Waals surface area (Å²) in [6, 6.07) is 47.2. The molecule has 9 rings (SSSR count). The van der Waals surface area contributed by atoms with Crippen LogP contribution in [-0.2, 0) is 0 Å². The predicted molar refractivity (Wildman–Crippen MR) is 248 cm³/mol. The van der Waals surface area contributed by atoms with Crippen LogP contribution in [0.1, 0.15) is 0 Å². The summed E-state index contributed by atoms with van der Waals surface area (Å²) in [5.74, 6) is 0. The normalized spacial score (nSPS) is 11.6. The first kappa shape index (κ1) is 32.4. The smallest absolute Gasteiger partial charge is 0.143 e. The van der Waals surface area contributed by atoms with Crippen molar-refractivity contribution in [2.45, 2.75) is 0 Å². The minimum atomic E-state index is 0.938. The molecule has 0 amide bonds. The molecule has 1 heterocycles. The van der Waals surface area contributed by atoms with Crippen molar-refractivity contribution in [3.05, 3.63) is 127 Å². The van der Waals surface area contributed by atoms with Crippen molar-refractivity contribution in [2.24, 2.45) is 0 Å². The highest BCUT2D eigenvalue weighted by atomic mass is 16.3. The van der Waals surface area contributed by atoms with E-state index >= 15 is 0 Å². The molecule has 0 N–H and O–H groups in total. The van der Waals surface area contributed by atoms with Crippen LogP contribution < -0.4 is 38.2 Å². The van der Waals surface area contributed by atoms with Crippen molar-refractivity contribution >= 4 is 137 Å². The maximum absolute atomic E-state index is 6.88. The summed E-state index contributed by atoms with van der Waals surface area (Å²) in [6.45, 7) is 0. The van der Waals surface area contributed by atoms with Gasteiger partial charge in [-0.3, -0.25) is 0 Å². The number of rotatable bonds is 4. The predicted octanol–water partition coefficient (Wildman–Crippen LogP) is 0.369. The van der Waals surface area contributed by atoms with Gasteiger partial charge in [-0.2, -0.15) is 0 Å². The van der Waals surface area contributed by atoms with Crippen LogP contribution >= 0.6 is 0 Å². The van der Waals surface area contributed by atoms with Crippen LogP contribution in [0, 0.1) is 0 Å². The molecule has 1 aromatic heterocycles. The van der Waals surface area contributed by atoms with Gasteiger partial charge in [0, 0.05) is 21.9 Å². The molecule has 238 valence electrons. The first-order chi connectivity index (χ1) is 25.2. The molecule has 0 fully saturated rings. The second-order valence-corrected chi connectivity index (χ2v) is 14.9. The third kappa shape index (κ3) is 5.11. The number of furan rings is 1. The van der Waals surface area contributed by atoms with E-state index in [1.807, 2.05) is 0 Å². The maximum atomic E-state index is 6.88. The van der Waals surface area contributed by atoms with Gasteiger partial charge in [0.25, 0.3) is 0 Å². The molecule has 9 aromatic rings. The fourth-order valence-corrected chi connectivity index (χ4v) is 8.32. The van der Waals surface area contributed by atoms with Crippen molar-refractivity contribution in [1.82, 2.24) is 0 Å². The topological polar surface area (TPSA) is 13.1 Å². The molecule has 52 heavy (non-hydrogen) atoms. The summed E-state index contributed by atoms with van der Waals surface area (Å²) in [4.78, 5) is 0. The first-order valence-corrected chi connectivity index (χ1v) is 18.3. The lowest BCUT2D eigenvalue weighted by molar-refractivity contribution is 0.671. The van der Waals surface area contributed by atoms with Gasteiger partial charge in [-0.25, -0.2) is 0 Å². The Hall–Kier alpha value is -5.47. The van der Waals surface area contributed by atoms with Crippen molar-refractivity contribution in [3.8, 4) is 44.5 Å².